The molecule has 1 amide bonds. The predicted octanol–water partition coefficient (Wildman–Crippen LogP) is 2.13. The number of unbranched alkanes of at least 4 members (excludes halogenated alkanes) is 1. The number of amides is 1. The van der Waals surface area contributed by atoms with Crippen LogP contribution in [-0.2, 0) is 4.79 Å². The van der Waals surface area contributed by atoms with E-state index in [0.717, 1.165) is 38.8 Å². The average molecular weight is 283 g/mol. The number of hydrogen-bond acceptors (Lipinski definition) is 3. The molecular weight excluding hydrogens is 250 g/mol. The quantitative estimate of drug-likeness (QED) is 0.671. The molecule has 2 unspecified atom stereocenters. The highest BCUT2D eigenvalue weighted by atomic mass is 16.1. The molecule has 2 atom stereocenters. The van der Waals surface area contributed by atoms with Crippen LogP contribution in [0.15, 0.2) is 0 Å². The molecule has 0 aromatic carbocycles. The zero-order chi connectivity index (χ0) is 15.0. The largest absolute Gasteiger partial charge is 0.356 e. The second-order valence-corrected chi connectivity index (χ2v) is 6.54. The number of hydrogen-bond donors (Lipinski definition) is 2. The lowest BCUT2D eigenvalue weighted by Gasteiger charge is -2.28. The summed E-state index contributed by atoms with van der Waals surface area (Å²) in [4.78, 5) is 14.2. The van der Waals surface area contributed by atoms with Gasteiger partial charge in [-0.25, -0.2) is 0 Å². The van der Waals surface area contributed by atoms with E-state index in [1.165, 1.54) is 12.8 Å². The van der Waals surface area contributed by atoms with Crippen molar-refractivity contribution in [3.8, 4) is 0 Å². The normalized spacial score (nSPS) is 23.3. The van der Waals surface area contributed by atoms with Crippen LogP contribution in [0, 0.1) is 5.92 Å². The van der Waals surface area contributed by atoms with Gasteiger partial charge in [-0.05, 0) is 59.0 Å². The number of rotatable bonds is 8. The van der Waals surface area contributed by atoms with Crippen LogP contribution in [0.3, 0.4) is 0 Å². The maximum absolute atomic E-state index is 11.9. The van der Waals surface area contributed by atoms with E-state index >= 15 is 0 Å². The van der Waals surface area contributed by atoms with Crippen LogP contribution in [0.4, 0.5) is 0 Å². The minimum absolute atomic E-state index is 0.185. The van der Waals surface area contributed by atoms with Gasteiger partial charge in [0.25, 0.3) is 0 Å². The number of carbonyl (C=O) groups excluding carboxylic acids is 1. The lowest BCUT2D eigenvalue weighted by molar-refractivity contribution is -0.122. The molecule has 1 rings (SSSR count). The molecule has 1 fully saturated rings. The molecule has 118 valence electrons. The van der Waals surface area contributed by atoms with Gasteiger partial charge < -0.3 is 16.0 Å². The molecule has 0 radical (unpaired) electrons. The van der Waals surface area contributed by atoms with E-state index in [9.17, 15) is 4.79 Å². The predicted molar refractivity (Wildman–Crippen MR) is 84.6 cm³/mol. The molecule has 0 heterocycles. The molecule has 0 aromatic rings. The van der Waals surface area contributed by atoms with Gasteiger partial charge in [0, 0.05) is 25.0 Å². The fraction of sp³-hybridized carbons (Fsp3) is 0.938. The summed E-state index contributed by atoms with van der Waals surface area (Å²) in [7, 11) is 2.15. The fourth-order valence-electron chi connectivity index (χ4n) is 2.77. The highest BCUT2D eigenvalue weighted by Gasteiger charge is 2.23. The number of nitrogens with two attached hydrogens (primary N) is 1. The van der Waals surface area contributed by atoms with E-state index in [1.54, 1.807) is 0 Å². The van der Waals surface area contributed by atoms with Gasteiger partial charge >= 0.3 is 0 Å². The van der Waals surface area contributed by atoms with Crippen LogP contribution in [-0.4, -0.2) is 43.0 Å². The Morgan fingerprint density at radius 1 is 1.30 bits per heavy atom. The van der Waals surface area contributed by atoms with Gasteiger partial charge in [0.2, 0.25) is 5.91 Å². The maximum Gasteiger partial charge on any atom is 0.220 e. The van der Waals surface area contributed by atoms with E-state index < -0.39 is 0 Å². The zero-order valence-electron chi connectivity index (χ0n) is 13.5. The van der Waals surface area contributed by atoms with Crippen LogP contribution in [0.25, 0.3) is 0 Å². The van der Waals surface area contributed by atoms with Crippen molar-refractivity contribution in [1.82, 2.24) is 10.2 Å². The van der Waals surface area contributed by atoms with E-state index in [4.69, 9.17) is 5.73 Å². The molecule has 0 aliphatic heterocycles. The second kappa shape index (κ2) is 9.35. The summed E-state index contributed by atoms with van der Waals surface area (Å²) in [5.41, 5.74) is 6.08. The molecule has 0 spiro atoms. The third kappa shape index (κ3) is 6.71. The van der Waals surface area contributed by atoms with Gasteiger partial charge in [-0.15, -0.1) is 0 Å². The van der Waals surface area contributed by atoms with Gasteiger partial charge in [-0.2, -0.15) is 0 Å². The van der Waals surface area contributed by atoms with Gasteiger partial charge in [0.1, 0.15) is 0 Å². The SMILES string of the molecule is CC(C)N(C)CCCCNC(=O)CC1CCCCC1N. The first-order chi connectivity index (χ1) is 9.50. The highest BCUT2D eigenvalue weighted by Crippen LogP contribution is 2.25. The molecule has 0 saturated heterocycles. The summed E-state index contributed by atoms with van der Waals surface area (Å²) in [6, 6.07) is 0.826. The molecule has 3 N–H and O–H groups in total. The number of nitrogens with zero attached hydrogens (tertiary/aromatic N) is 1. The lowest BCUT2D eigenvalue weighted by Crippen LogP contribution is -2.37. The Kier molecular flexibility index (Phi) is 8.15. The second-order valence-electron chi connectivity index (χ2n) is 6.54. The van der Waals surface area contributed by atoms with Crippen LogP contribution >= 0.6 is 0 Å². The summed E-state index contributed by atoms with van der Waals surface area (Å²) in [5, 5.41) is 3.04. The molecule has 4 nitrogen and oxygen atoms in total. The standard InChI is InChI=1S/C16H33N3O/c1-13(2)19(3)11-7-6-10-18-16(20)12-14-8-4-5-9-15(14)17/h13-15H,4-12,17H2,1-3H3,(H,18,20). The van der Waals surface area contributed by atoms with Crippen LogP contribution in [0.2, 0.25) is 0 Å². The summed E-state index contributed by atoms with van der Waals surface area (Å²) in [6.45, 7) is 6.30. The summed E-state index contributed by atoms with van der Waals surface area (Å²) < 4.78 is 0. The monoisotopic (exact) mass is 283 g/mol. The van der Waals surface area contributed by atoms with E-state index in [-0.39, 0.29) is 11.9 Å². The Bertz CT molecular complexity index is 281. The third-order valence-electron chi connectivity index (χ3n) is 4.56. The Morgan fingerprint density at radius 3 is 2.65 bits per heavy atom. The minimum atomic E-state index is 0.185. The van der Waals surface area contributed by atoms with Crippen LogP contribution in [0.5, 0.6) is 0 Å². The van der Waals surface area contributed by atoms with Gasteiger partial charge in [-0.3, -0.25) is 4.79 Å². The van der Waals surface area contributed by atoms with Crippen LogP contribution < -0.4 is 11.1 Å². The van der Waals surface area contributed by atoms with E-state index in [0.29, 0.717) is 18.4 Å². The molecular formula is C16H33N3O. The molecule has 4 heteroatoms. The summed E-state index contributed by atoms with van der Waals surface area (Å²) in [6.07, 6.45) is 7.47. The molecule has 20 heavy (non-hydrogen) atoms. The first kappa shape index (κ1) is 17.4. The van der Waals surface area contributed by atoms with Crippen molar-refractivity contribution >= 4 is 5.91 Å². The molecule has 1 aliphatic rings. The van der Waals surface area contributed by atoms with Crippen molar-refractivity contribution < 1.29 is 4.79 Å². The maximum atomic E-state index is 11.9. The first-order valence-corrected chi connectivity index (χ1v) is 8.23. The van der Waals surface area contributed by atoms with Crippen molar-refractivity contribution in [3.05, 3.63) is 0 Å². The average Bonchev–Trinajstić information content (AvgIpc) is 2.40. The lowest BCUT2D eigenvalue weighted by atomic mass is 9.83. The zero-order valence-corrected chi connectivity index (χ0v) is 13.5. The van der Waals surface area contributed by atoms with Gasteiger partial charge in [-0.1, -0.05) is 12.8 Å². The first-order valence-electron chi connectivity index (χ1n) is 8.23. The smallest absolute Gasteiger partial charge is 0.220 e. The van der Waals surface area contributed by atoms with E-state index in [1.807, 2.05) is 0 Å². The summed E-state index contributed by atoms with van der Waals surface area (Å²) in [5.74, 6) is 0.584. The third-order valence-corrected chi connectivity index (χ3v) is 4.56. The molecule has 1 saturated carbocycles. The Hall–Kier alpha value is -0.610. The Labute approximate surface area is 124 Å². The Balaban J connectivity index is 2.05. The van der Waals surface area contributed by atoms with Crippen LogP contribution in [0.1, 0.15) is 58.8 Å². The minimum Gasteiger partial charge on any atom is -0.356 e. The van der Waals surface area contributed by atoms with Crippen molar-refractivity contribution in [1.29, 1.82) is 0 Å². The van der Waals surface area contributed by atoms with E-state index in [2.05, 4.69) is 31.1 Å². The number of nitrogens with one attached hydrogen (secondary N) is 1. The number of carbonyl (C=O) groups is 1. The van der Waals surface area contributed by atoms with Crippen molar-refractivity contribution in [2.75, 3.05) is 20.1 Å². The fourth-order valence-corrected chi connectivity index (χ4v) is 2.77. The Morgan fingerprint density at radius 2 is 2.00 bits per heavy atom. The van der Waals surface area contributed by atoms with Crippen molar-refractivity contribution in [2.45, 2.75) is 70.9 Å². The van der Waals surface area contributed by atoms with Crippen molar-refractivity contribution in [3.63, 3.8) is 0 Å². The topological polar surface area (TPSA) is 58.4 Å². The van der Waals surface area contributed by atoms with Gasteiger partial charge in [0.05, 0.1) is 0 Å². The molecule has 1 aliphatic carbocycles. The van der Waals surface area contributed by atoms with Gasteiger partial charge in [0.15, 0.2) is 0 Å². The molecule has 0 aromatic heterocycles. The molecule has 0 bridgehead atoms. The van der Waals surface area contributed by atoms with Crippen molar-refractivity contribution in [2.24, 2.45) is 11.7 Å². The highest BCUT2D eigenvalue weighted by molar-refractivity contribution is 5.76. The summed E-state index contributed by atoms with van der Waals surface area (Å²) >= 11 is 0.